The summed E-state index contributed by atoms with van der Waals surface area (Å²) in [6.07, 6.45) is -2.57. The fraction of sp³-hybridized carbons (Fsp3) is 0.381. The molecule has 0 radical (unpaired) electrons. The summed E-state index contributed by atoms with van der Waals surface area (Å²) in [4.78, 5) is 31.4. The number of carbonyl (C=O) groups is 2. The second-order valence-electron chi connectivity index (χ2n) is 7.04. The highest BCUT2D eigenvalue weighted by atomic mass is 19.4. The molecular formula is C21H23F3N4O3. The van der Waals surface area contributed by atoms with Crippen LogP contribution < -0.4 is 10.2 Å². The van der Waals surface area contributed by atoms with E-state index in [4.69, 9.17) is 4.74 Å². The van der Waals surface area contributed by atoms with Gasteiger partial charge in [0.2, 0.25) is 0 Å². The van der Waals surface area contributed by atoms with Crippen molar-refractivity contribution in [2.24, 2.45) is 0 Å². The molecule has 0 bridgehead atoms. The number of nitrogens with zero attached hydrogens (tertiary/aromatic N) is 3. The number of carbonyl (C=O) groups excluding carboxylic acids is 2. The SMILES string of the molecule is CNC(=O)COC(=O)N1CCCN(c2ccc(-c3ccc(C(F)(F)F)cc3)cn2)CC1. The van der Waals surface area contributed by atoms with Gasteiger partial charge in [0, 0.05) is 45.0 Å². The number of amides is 2. The van der Waals surface area contributed by atoms with Crippen LogP contribution in [0.3, 0.4) is 0 Å². The van der Waals surface area contributed by atoms with Crippen LogP contribution in [0, 0.1) is 0 Å². The Morgan fingerprint density at radius 3 is 2.35 bits per heavy atom. The first-order valence-corrected chi connectivity index (χ1v) is 9.79. The molecule has 1 saturated heterocycles. The minimum absolute atomic E-state index is 0.317. The number of hydrogen-bond donors (Lipinski definition) is 1. The fourth-order valence-electron chi connectivity index (χ4n) is 3.22. The summed E-state index contributed by atoms with van der Waals surface area (Å²) in [7, 11) is 1.47. The van der Waals surface area contributed by atoms with Gasteiger partial charge in [0.25, 0.3) is 5.91 Å². The summed E-state index contributed by atoms with van der Waals surface area (Å²) in [5.41, 5.74) is 0.670. The van der Waals surface area contributed by atoms with Crippen molar-refractivity contribution in [2.45, 2.75) is 12.6 Å². The van der Waals surface area contributed by atoms with E-state index in [2.05, 4.69) is 10.3 Å². The summed E-state index contributed by atoms with van der Waals surface area (Å²) < 4.78 is 43.1. The molecule has 1 aliphatic heterocycles. The highest BCUT2D eigenvalue weighted by Crippen LogP contribution is 2.31. The number of hydrogen-bond acceptors (Lipinski definition) is 5. The third-order valence-corrected chi connectivity index (χ3v) is 4.98. The van der Waals surface area contributed by atoms with Crippen LogP contribution in [-0.2, 0) is 15.7 Å². The first-order chi connectivity index (χ1) is 14.8. The monoisotopic (exact) mass is 436 g/mol. The van der Waals surface area contributed by atoms with Crippen LogP contribution in [0.2, 0.25) is 0 Å². The lowest BCUT2D eigenvalue weighted by Crippen LogP contribution is -2.37. The van der Waals surface area contributed by atoms with E-state index >= 15 is 0 Å². The second kappa shape index (κ2) is 9.67. The average molecular weight is 436 g/mol. The number of nitrogens with one attached hydrogen (secondary N) is 1. The third-order valence-electron chi connectivity index (χ3n) is 4.98. The summed E-state index contributed by atoms with van der Waals surface area (Å²) in [5.74, 6) is 0.346. The number of halogens is 3. The Bertz CT molecular complexity index is 902. The quantitative estimate of drug-likeness (QED) is 0.797. The molecule has 0 unspecified atom stereocenters. The van der Waals surface area contributed by atoms with Gasteiger partial charge < -0.3 is 19.9 Å². The molecule has 1 N–H and O–H groups in total. The largest absolute Gasteiger partial charge is 0.439 e. The van der Waals surface area contributed by atoms with Gasteiger partial charge in [-0.25, -0.2) is 9.78 Å². The van der Waals surface area contributed by atoms with Crippen molar-refractivity contribution in [1.29, 1.82) is 0 Å². The summed E-state index contributed by atoms with van der Waals surface area (Å²) in [6, 6.07) is 8.57. The second-order valence-corrected chi connectivity index (χ2v) is 7.04. The Balaban J connectivity index is 1.60. The molecular weight excluding hydrogens is 413 g/mol. The number of likely N-dealkylation sites (N-methyl/N-ethyl adjacent to an activating group) is 1. The molecule has 0 aliphatic carbocycles. The van der Waals surface area contributed by atoms with Crippen molar-refractivity contribution in [3.8, 4) is 11.1 Å². The molecule has 3 rings (SSSR count). The van der Waals surface area contributed by atoms with E-state index in [-0.39, 0.29) is 12.5 Å². The number of aromatic nitrogens is 1. The standard InChI is InChI=1S/C21H23F3N4O3/c1-25-19(29)14-31-20(30)28-10-2-9-27(11-12-28)18-8-5-16(13-26-18)15-3-6-17(7-4-15)21(22,23)24/h3-8,13H,2,9-12,14H2,1H3,(H,25,29). The maximum atomic E-state index is 12.7. The number of anilines is 1. The maximum Gasteiger partial charge on any atom is 0.416 e. The Kier molecular flexibility index (Phi) is 6.98. The van der Waals surface area contributed by atoms with Gasteiger partial charge in [-0.05, 0) is 36.2 Å². The lowest BCUT2D eigenvalue weighted by atomic mass is 10.1. The van der Waals surface area contributed by atoms with E-state index in [0.29, 0.717) is 43.7 Å². The summed E-state index contributed by atoms with van der Waals surface area (Å²) in [6.45, 7) is 1.84. The van der Waals surface area contributed by atoms with Gasteiger partial charge in [-0.3, -0.25) is 4.79 Å². The molecule has 7 nitrogen and oxygen atoms in total. The molecule has 166 valence electrons. The molecule has 0 spiro atoms. The van der Waals surface area contributed by atoms with Gasteiger partial charge >= 0.3 is 12.3 Å². The minimum Gasteiger partial charge on any atom is -0.439 e. The minimum atomic E-state index is -4.36. The van der Waals surface area contributed by atoms with Crippen molar-refractivity contribution in [3.05, 3.63) is 48.2 Å². The molecule has 2 amide bonds. The van der Waals surface area contributed by atoms with Crippen LogP contribution in [0.25, 0.3) is 11.1 Å². The van der Waals surface area contributed by atoms with Crippen molar-refractivity contribution >= 4 is 17.8 Å². The van der Waals surface area contributed by atoms with E-state index in [9.17, 15) is 22.8 Å². The molecule has 0 saturated carbocycles. The zero-order valence-corrected chi connectivity index (χ0v) is 17.0. The fourth-order valence-corrected chi connectivity index (χ4v) is 3.22. The number of benzene rings is 1. The van der Waals surface area contributed by atoms with Crippen LogP contribution in [0.1, 0.15) is 12.0 Å². The average Bonchev–Trinajstić information content (AvgIpc) is 3.03. The zero-order chi connectivity index (χ0) is 22.4. The number of rotatable bonds is 4. The molecule has 1 aliphatic rings. The Morgan fingerprint density at radius 1 is 1.03 bits per heavy atom. The van der Waals surface area contributed by atoms with Gasteiger partial charge in [-0.15, -0.1) is 0 Å². The Hall–Kier alpha value is -3.30. The predicted octanol–water partition coefficient (Wildman–Crippen LogP) is 3.16. The zero-order valence-electron chi connectivity index (χ0n) is 17.0. The van der Waals surface area contributed by atoms with Crippen LogP contribution in [0.15, 0.2) is 42.6 Å². The molecule has 1 aromatic heterocycles. The lowest BCUT2D eigenvalue weighted by Gasteiger charge is -2.22. The topological polar surface area (TPSA) is 74.8 Å². The third kappa shape index (κ3) is 5.87. The smallest absolute Gasteiger partial charge is 0.416 e. The van der Waals surface area contributed by atoms with Gasteiger partial charge in [0.05, 0.1) is 5.56 Å². The van der Waals surface area contributed by atoms with Crippen molar-refractivity contribution in [3.63, 3.8) is 0 Å². The molecule has 10 heteroatoms. The first-order valence-electron chi connectivity index (χ1n) is 9.79. The Morgan fingerprint density at radius 2 is 1.74 bits per heavy atom. The lowest BCUT2D eigenvalue weighted by molar-refractivity contribution is -0.137. The molecule has 1 fully saturated rings. The summed E-state index contributed by atoms with van der Waals surface area (Å²) in [5, 5.41) is 2.39. The van der Waals surface area contributed by atoms with Crippen molar-refractivity contribution < 1.29 is 27.5 Å². The highest BCUT2D eigenvalue weighted by Gasteiger charge is 2.30. The number of alkyl halides is 3. The first kappa shape index (κ1) is 22.4. The van der Waals surface area contributed by atoms with Crippen molar-refractivity contribution in [1.82, 2.24) is 15.2 Å². The van der Waals surface area contributed by atoms with E-state index in [0.717, 1.165) is 18.0 Å². The van der Waals surface area contributed by atoms with E-state index in [1.54, 1.807) is 11.1 Å². The van der Waals surface area contributed by atoms with Gasteiger partial charge in [0.1, 0.15) is 5.82 Å². The number of pyridine rings is 1. The van der Waals surface area contributed by atoms with Crippen LogP contribution >= 0.6 is 0 Å². The normalized spacial score (nSPS) is 14.7. The van der Waals surface area contributed by atoms with Gasteiger partial charge in [-0.1, -0.05) is 12.1 Å². The van der Waals surface area contributed by atoms with Crippen molar-refractivity contribution in [2.75, 3.05) is 44.7 Å². The molecule has 1 aromatic carbocycles. The van der Waals surface area contributed by atoms with Gasteiger partial charge in [-0.2, -0.15) is 13.2 Å². The molecule has 31 heavy (non-hydrogen) atoms. The number of ether oxygens (including phenoxy) is 1. The summed E-state index contributed by atoms with van der Waals surface area (Å²) >= 11 is 0. The molecule has 2 aromatic rings. The Labute approximate surface area is 177 Å². The molecule has 0 atom stereocenters. The highest BCUT2D eigenvalue weighted by molar-refractivity contribution is 5.79. The van der Waals surface area contributed by atoms with Crippen LogP contribution in [0.5, 0.6) is 0 Å². The van der Waals surface area contributed by atoms with E-state index in [1.807, 2.05) is 17.0 Å². The van der Waals surface area contributed by atoms with E-state index in [1.165, 1.54) is 19.2 Å². The van der Waals surface area contributed by atoms with E-state index < -0.39 is 17.8 Å². The van der Waals surface area contributed by atoms with Crippen LogP contribution in [-0.4, -0.2) is 61.7 Å². The van der Waals surface area contributed by atoms with Crippen LogP contribution in [0.4, 0.5) is 23.8 Å². The maximum absolute atomic E-state index is 12.7. The molecule has 2 heterocycles. The van der Waals surface area contributed by atoms with Gasteiger partial charge in [0.15, 0.2) is 6.61 Å². The predicted molar refractivity (Wildman–Crippen MR) is 108 cm³/mol.